The van der Waals surface area contributed by atoms with Gasteiger partial charge in [0.05, 0.1) is 5.02 Å². The third kappa shape index (κ3) is 5.23. The van der Waals surface area contributed by atoms with Crippen LogP contribution in [0.15, 0.2) is 53.4 Å². The van der Waals surface area contributed by atoms with Crippen molar-refractivity contribution >= 4 is 35.2 Å². The monoisotopic (exact) mass is 406 g/mol. The minimum Gasteiger partial charge on any atom is -0.339 e. The minimum absolute atomic E-state index is 0.0763. The Morgan fingerprint density at radius 3 is 2.41 bits per heavy atom. The van der Waals surface area contributed by atoms with Crippen LogP contribution in [0.4, 0.5) is 4.39 Å². The van der Waals surface area contributed by atoms with E-state index in [1.54, 1.807) is 27.6 Å². The molecule has 1 aliphatic heterocycles. The van der Waals surface area contributed by atoms with Gasteiger partial charge < -0.3 is 9.80 Å². The summed E-state index contributed by atoms with van der Waals surface area (Å²) in [5.74, 6) is 0.110. The number of hydrogen-bond acceptors (Lipinski definition) is 3. The standard InChI is InChI=1S/C20H20ClFN2O2S/c21-17-6-1-2-7-18(17)27-13-8-19(25)23-9-11-24(12-10-23)20(26)15-4-3-5-16(22)14-15/h1-7,14H,8-13H2. The Labute approximate surface area is 167 Å². The van der Waals surface area contributed by atoms with Gasteiger partial charge in [-0.1, -0.05) is 29.8 Å². The summed E-state index contributed by atoms with van der Waals surface area (Å²) in [6.45, 7) is 1.91. The summed E-state index contributed by atoms with van der Waals surface area (Å²) in [6.07, 6.45) is 0.424. The lowest BCUT2D eigenvalue weighted by molar-refractivity contribution is -0.132. The van der Waals surface area contributed by atoms with E-state index < -0.39 is 5.82 Å². The van der Waals surface area contributed by atoms with Crippen LogP contribution in [0.25, 0.3) is 0 Å². The summed E-state index contributed by atoms with van der Waals surface area (Å²) in [7, 11) is 0. The van der Waals surface area contributed by atoms with Crippen molar-refractivity contribution in [2.75, 3.05) is 31.9 Å². The molecule has 1 aliphatic rings. The molecule has 142 valence electrons. The van der Waals surface area contributed by atoms with Crippen LogP contribution in [-0.4, -0.2) is 53.5 Å². The molecule has 0 N–H and O–H groups in total. The number of halogens is 2. The Hall–Kier alpha value is -2.05. The summed E-state index contributed by atoms with van der Waals surface area (Å²) < 4.78 is 13.3. The molecule has 0 bridgehead atoms. The fourth-order valence-corrected chi connectivity index (χ4v) is 4.11. The first-order chi connectivity index (χ1) is 13.0. The number of rotatable bonds is 5. The predicted molar refractivity (Wildman–Crippen MR) is 106 cm³/mol. The Morgan fingerprint density at radius 1 is 1.00 bits per heavy atom. The van der Waals surface area contributed by atoms with Gasteiger partial charge in [-0.15, -0.1) is 11.8 Å². The maximum Gasteiger partial charge on any atom is 0.254 e. The summed E-state index contributed by atoms with van der Waals surface area (Å²) in [5, 5.41) is 0.694. The van der Waals surface area contributed by atoms with E-state index in [2.05, 4.69) is 0 Å². The Bertz CT molecular complexity index is 825. The van der Waals surface area contributed by atoms with Crippen molar-refractivity contribution < 1.29 is 14.0 Å². The number of carbonyl (C=O) groups excluding carboxylic acids is 2. The third-order valence-electron chi connectivity index (χ3n) is 4.40. The quantitative estimate of drug-likeness (QED) is 0.706. The fraction of sp³-hybridized carbons (Fsp3) is 0.300. The molecule has 0 spiro atoms. The number of hydrogen-bond donors (Lipinski definition) is 0. The Kier molecular flexibility index (Phi) is 6.74. The lowest BCUT2D eigenvalue weighted by atomic mass is 10.1. The lowest BCUT2D eigenvalue weighted by Crippen LogP contribution is -2.50. The van der Waals surface area contributed by atoms with Crippen molar-refractivity contribution in [3.8, 4) is 0 Å². The first kappa shape index (κ1) is 19.7. The summed E-state index contributed by atoms with van der Waals surface area (Å²) in [6, 6.07) is 13.3. The van der Waals surface area contributed by atoms with Crippen LogP contribution < -0.4 is 0 Å². The molecule has 0 aliphatic carbocycles. The molecule has 2 amide bonds. The number of thioether (sulfide) groups is 1. The molecule has 1 saturated heterocycles. The van der Waals surface area contributed by atoms with Gasteiger partial charge in [0.25, 0.3) is 5.91 Å². The fourth-order valence-electron chi connectivity index (χ4n) is 2.93. The van der Waals surface area contributed by atoms with Crippen molar-refractivity contribution in [2.24, 2.45) is 0 Å². The first-order valence-corrected chi connectivity index (χ1v) is 10.1. The highest BCUT2D eigenvalue weighted by molar-refractivity contribution is 7.99. The van der Waals surface area contributed by atoms with Crippen molar-refractivity contribution in [1.82, 2.24) is 9.80 Å². The average molecular weight is 407 g/mol. The largest absolute Gasteiger partial charge is 0.339 e. The molecule has 1 fully saturated rings. The molecule has 0 saturated carbocycles. The Balaban J connectivity index is 1.45. The molecular formula is C20H20ClFN2O2S. The second-order valence-corrected chi connectivity index (χ2v) is 7.76. The van der Waals surface area contributed by atoms with Gasteiger partial charge >= 0.3 is 0 Å². The molecular weight excluding hydrogens is 387 g/mol. The van der Waals surface area contributed by atoms with Crippen molar-refractivity contribution in [3.63, 3.8) is 0 Å². The molecule has 4 nitrogen and oxygen atoms in total. The van der Waals surface area contributed by atoms with Gasteiger partial charge in [-0.05, 0) is 30.3 Å². The van der Waals surface area contributed by atoms with Crippen LogP contribution in [0, 0.1) is 5.82 Å². The van der Waals surface area contributed by atoms with E-state index in [1.807, 2.05) is 24.3 Å². The van der Waals surface area contributed by atoms with Crippen LogP contribution in [0.3, 0.4) is 0 Å². The molecule has 0 unspecified atom stereocenters. The number of amides is 2. The molecule has 7 heteroatoms. The molecule has 0 radical (unpaired) electrons. The second kappa shape index (κ2) is 9.24. The van der Waals surface area contributed by atoms with E-state index in [9.17, 15) is 14.0 Å². The van der Waals surface area contributed by atoms with Gasteiger partial charge in [0, 0.05) is 48.8 Å². The SMILES string of the molecule is O=C(CCSc1ccccc1Cl)N1CCN(C(=O)c2cccc(F)c2)CC1. The van der Waals surface area contributed by atoms with Crippen LogP contribution >= 0.6 is 23.4 Å². The smallest absolute Gasteiger partial charge is 0.254 e. The van der Waals surface area contributed by atoms with Crippen LogP contribution in [-0.2, 0) is 4.79 Å². The van der Waals surface area contributed by atoms with Gasteiger partial charge in [0.15, 0.2) is 0 Å². The van der Waals surface area contributed by atoms with Gasteiger partial charge in [-0.2, -0.15) is 0 Å². The topological polar surface area (TPSA) is 40.6 Å². The second-order valence-electron chi connectivity index (χ2n) is 6.21. The summed E-state index contributed by atoms with van der Waals surface area (Å²) in [4.78, 5) is 29.2. The zero-order chi connectivity index (χ0) is 19.2. The van der Waals surface area contributed by atoms with E-state index in [0.717, 1.165) is 4.90 Å². The molecule has 2 aromatic rings. The number of nitrogens with zero attached hydrogens (tertiary/aromatic N) is 2. The number of carbonyl (C=O) groups is 2. The maximum atomic E-state index is 13.3. The molecule has 2 aromatic carbocycles. The minimum atomic E-state index is -0.425. The van der Waals surface area contributed by atoms with Crippen LogP contribution in [0.2, 0.25) is 5.02 Å². The van der Waals surface area contributed by atoms with E-state index in [0.29, 0.717) is 48.9 Å². The molecule has 3 rings (SSSR count). The molecule has 0 aromatic heterocycles. The van der Waals surface area contributed by atoms with Crippen molar-refractivity contribution in [2.45, 2.75) is 11.3 Å². The summed E-state index contributed by atoms with van der Waals surface area (Å²) >= 11 is 7.68. The highest BCUT2D eigenvalue weighted by Gasteiger charge is 2.24. The Morgan fingerprint density at radius 2 is 1.70 bits per heavy atom. The van der Waals surface area contributed by atoms with Crippen molar-refractivity contribution in [1.29, 1.82) is 0 Å². The lowest BCUT2D eigenvalue weighted by Gasteiger charge is -2.35. The normalized spacial score (nSPS) is 14.3. The average Bonchev–Trinajstić information content (AvgIpc) is 2.69. The van der Waals surface area contributed by atoms with Crippen LogP contribution in [0.5, 0.6) is 0 Å². The van der Waals surface area contributed by atoms with E-state index >= 15 is 0 Å². The summed E-state index contributed by atoms with van der Waals surface area (Å²) in [5.41, 5.74) is 0.339. The highest BCUT2D eigenvalue weighted by atomic mass is 35.5. The van der Waals surface area contributed by atoms with E-state index in [4.69, 9.17) is 11.6 Å². The van der Waals surface area contributed by atoms with Gasteiger partial charge in [-0.3, -0.25) is 9.59 Å². The maximum absolute atomic E-state index is 13.3. The van der Waals surface area contributed by atoms with Gasteiger partial charge in [0.2, 0.25) is 5.91 Å². The molecule has 0 atom stereocenters. The third-order valence-corrected chi connectivity index (χ3v) is 5.92. The number of piperazine rings is 1. The first-order valence-electron chi connectivity index (χ1n) is 8.74. The highest BCUT2D eigenvalue weighted by Crippen LogP contribution is 2.27. The number of benzene rings is 2. The van der Waals surface area contributed by atoms with Crippen LogP contribution in [0.1, 0.15) is 16.8 Å². The van der Waals surface area contributed by atoms with Gasteiger partial charge in [0.1, 0.15) is 5.82 Å². The van der Waals surface area contributed by atoms with E-state index in [-0.39, 0.29) is 11.8 Å². The van der Waals surface area contributed by atoms with Gasteiger partial charge in [-0.25, -0.2) is 4.39 Å². The molecule has 1 heterocycles. The van der Waals surface area contributed by atoms with E-state index in [1.165, 1.54) is 18.2 Å². The van der Waals surface area contributed by atoms with Crippen molar-refractivity contribution in [3.05, 3.63) is 64.9 Å². The zero-order valence-corrected chi connectivity index (χ0v) is 16.3. The predicted octanol–water partition coefficient (Wildman–Crippen LogP) is 3.95. The molecule has 27 heavy (non-hydrogen) atoms. The zero-order valence-electron chi connectivity index (χ0n) is 14.7.